The zero-order valence-corrected chi connectivity index (χ0v) is 9.95. The van der Waals surface area contributed by atoms with Gasteiger partial charge in [-0.2, -0.15) is 0 Å². The molecule has 92 valence electrons. The number of methoxy groups -OCH3 is 1. The van der Waals surface area contributed by atoms with E-state index in [4.69, 9.17) is 0 Å². The van der Waals surface area contributed by atoms with Gasteiger partial charge in [0.25, 0.3) is 0 Å². The maximum absolute atomic E-state index is 11.5. The Hall–Kier alpha value is -2.04. The summed E-state index contributed by atoms with van der Waals surface area (Å²) in [7, 11) is 1.25. The fourth-order valence-corrected chi connectivity index (χ4v) is 1.37. The minimum absolute atomic E-state index is 0.106. The number of carbonyl (C=O) groups is 2. The number of amides is 2. The van der Waals surface area contributed by atoms with Crippen LogP contribution in [-0.4, -0.2) is 25.7 Å². The van der Waals surface area contributed by atoms with E-state index in [-0.39, 0.29) is 12.5 Å². The quantitative estimate of drug-likeness (QED) is 0.833. The van der Waals surface area contributed by atoms with E-state index in [0.29, 0.717) is 0 Å². The lowest BCUT2D eigenvalue weighted by Gasteiger charge is -2.09. The molecule has 0 saturated heterocycles. The normalized spacial score (nSPS) is 9.53. The van der Waals surface area contributed by atoms with Gasteiger partial charge in [0.2, 0.25) is 5.91 Å². The number of aryl methyl sites for hydroxylation is 1. The van der Waals surface area contributed by atoms with Crippen LogP contribution in [0.3, 0.4) is 0 Å². The Morgan fingerprint density at radius 1 is 1.29 bits per heavy atom. The van der Waals surface area contributed by atoms with Crippen molar-refractivity contribution in [1.82, 2.24) is 5.32 Å². The molecule has 0 atom stereocenters. The first-order valence-corrected chi connectivity index (χ1v) is 5.37. The molecule has 0 bridgehead atoms. The molecule has 2 N–H and O–H groups in total. The maximum atomic E-state index is 11.5. The molecule has 5 nitrogen and oxygen atoms in total. The van der Waals surface area contributed by atoms with Crippen molar-refractivity contribution in [2.24, 2.45) is 0 Å². The Balaban J connectivity index is 2.53. The van der Waals surface area contributed by atoms with Gasteiger partial charge in [0, 0.05) is 5.69 Å². The summed E-state index contributed by atoms with van der Waals surface area (Å²) in [6.45, 7) is 1.91. The molecular formula is C12H16N2O3. The molecule has 0 fully saturated rings. The van der Waals surface area contributed by atoms with Crippen molar-refractivity contribution < 1.29 is 14.3 Å². The molecule has 17 heavy (non-hydrogen) atoms. The summed E-state index contributed by atoms with van der Waals surface area (Å²) in [6, 6.07) is 7.54. The van der Waals surface area contributed by atoms with Crippen molar-refractivity contribution in [3.05, 3.63) is 29.8 Å². The monoisotopic (exact) mass is 236 g/mol. The van der Waals surface area contributed by atoms with E-state index in [0.717, 1.165) is 17.7 Å². The van der Waals surface area contributed by atoms with Gasteiger partial charge in [-0.15, -0.1) is 0 Å². The molecule has 0 saturated carbocycles. The van der Waals surface area contributed by atoms with Crippen LogP contribution in [0.2, 0.25) is 0 Å². The average molecular weight is 236 g/mol. The average Bonchev–Trinajstić information content (AvgIpc) is 2.36. The summed E-state index contributed by atoms with van der Waals surface area (Å²) in [5.74, 6) is -0.281. The van der Waals surface area contributed by atoms with Crippen LogP contribution in [0.1, 0.15) is 12.5 Å². The molecule has 0 heterocycles. The van der Waals surface area contributed by atoms with Gasteiger partial charge in [-0.1, -0.05) is 25.1 Å². The minimum Gasteiger partial charge on any atom is -0.453 e. The molecule has 0 aliphatic heterocycles. The van der Waals surface area contributed by atoms with E-state index < -0.39 is 6.09 Å². The zero-order valence-electron chi connectivity index (χ0n) is 9.95. The van der Waals surface area contributed by atoms with Crippen LogP contribution in [0.25, 0.3) is 0 Å². The van der Waals surface area contributed by atoms with Gasteiger partial charge in [-0.3, -0.25) is 4.79 Å². The molecule has 0 aliphatic carbocycles. The van der Waals surface area contributed by atoms with Crippen LogP contribution in [0.5, 0.6) is 0 Å². The van der Waals surface area contributed by atoms with Crippen LogP contribution < -0.4 is 10.6 Å². The lowest BCUT2D eigenvalue weighted by molar-refractivity contribution is -0.115. The molecule has 0 unspecified atom stereocenters. The van der Waals surface area contributed by atoms with E-state index in [2.05, 4.69) is 15.4 Å². The zero-order chi connectivity index (χ0) is 12.7. The molecule has 1 aromatic rings. The largest absolute Gasteiger partial charge is 0.453 e. The van der Waals surface area contributed by atoms with Gasteiger partial charge in [0.1, 0.15) is 6.54 Å². The summed E-state index contributed by atoms with van der Waals surface area (Å²) in [5.41, 5.74) is 1.82. The van der Waals surface area contributed by atoms with E-state index >= 15 is 0 Å². The van der Waals surface area contributed by atoms with Gasteiger partial charge < -0.3 is 15.4 Å². The number of anilines is 1. The highest BCUT2D eigenvalue weighted by Crippen LogP contribution is 2.14. The van der Waals surface area contributed by atoms with E-state index in [1.54, 1.807) is 0 Å². The SMILES string of the molecule is CCc1ccccc1NC(=O)CNC(=O)OC. The fourth-order valence-electron chi connectivity index (χ4n) is 1.37. The Morgan fingerprint density at radius 2 is 2.00 bits per heavy atom. The van der Waals surface area contributed by atoms with Crippen LogP contribution >= 0.6 is 0 Å². The number of carbonyl (C=O) groups excluding carboxylic acids is 2. The van der Waals surface area contributed by atoms with Crippen molar-refractivity contribution in [1.29, 1.82) is 0 Å². The second kappa shape index (κ2) is 6.52. The summed E-state index contributed by atoms with van der Waals surface area (Å²) in [6.07, 6.45) is 0.213. The highest BCUT2D eigenvalue weighted by Gasteiger charge is 2.07. The summed E-state index contributed by atoms with van der Waals surface area (Å²) in [5, 5.41) is 5.05. The summed E-state index contributed by atoms with van der Waals surface area (Å²) in [4.78, 5) is 22.3. The molecule has 0 aliphatic rings. The van der Waals surface area contributed by atoms with E-state index in [1.807, 2.05) is 31.2 Å². The van der Waals surface area contributed by atoms with Crippen LogP contribution in [0, 0.1) is 0 Å². The fraction of sp³-hybridized carbons (Fsp3) is 0.333. The lowest BCUT2D eigenvalue weighted by atomic mass is 10.1. The van der Waals surface area contributed by atoms with Crippen molar-refractivity contribution in [2.75, 3.05) is 19.0 Å². The number of hydrogen-bond acceptors (Lipinski definition) is 3. The van der Waals surface area contributed by atoms with Crippen LogP contribution in [0.4, 0.5) is 10.5 Å². The maximum Gasteiger partial charge on any atom is 0.407 e. The molecule has 0 radical (unpaired) electrons. The summed E-state index contributed by atoms with van der Waals surface area (Å²) < 4.78 is 4.37. The number of hydrogen-bond donors (Lipinski definition) is 2. The van der Waals surface area contributed by atoms with Crippen molar-refractivity contribution in [3.63, 3.8) is 0 Å². The van der Waals surface area contributed by atoms with Gasteiger partial charge in [-0.25, -0.2) is 4.79 Å². The second-order valence-electron chi connectivity index (χ2n) is 3.40. The Labute approximate surface area is 100 Å². The number of nitrogens with one attached hydrogen (secondary N) is 2. The molecule has 0 aromatic heterocycles. The Morgan fingerprint density at radius 3 is 2.65 bits per heavy atom. The number of ether oxygens (including phenoxy) is 1. The van der Waals surface area contributed by atoms with Crippen molar-refractivity contribution >= 4 is 17.7 Å². The third-order valence-corrected chi connectivity index (χ3v) is 2.25. The molecule has 1 rings (SSSR count). The van der Waals surface area contributed by atoms with E-state index in [9.17, 15) is 9.59 Å². The standard InChI is InChI=1S/C12H16N2O3/c1-3-9-6-4-5-7-10(9)14-11(15)8-13-12(16)17-2/h4-7H,3,8H2,1-2H3,(H,13,16)(H,14,15). The number of alkyl carbamates (subject to hydrolysis) is 1. The second-order valence-corrected chi connectivity index (χ2v) is 3.40. The Kier molecular flexibility index (Phi) is 5.00. The topological polar surface area (TPSA) is 67.4 Å². The highest BCUT2D eigenvalue weighted by atomic mass is 16.5. The molecule has 1 aromatic carbocycles. The Bertz CT molecular complexity index is 404. The molecule has 2 amide bonds. The predicted octanol–water partition coefficient (Wildman–Crippen LogP) is 1.54. The van der Waals surface area contributed by atoms with Gasteiger partial charge >= 0.3 is 6.09 Å². The highest BCUT2D eigenvalue weighted by molar-refractivity contribution is 5.94. The van der Waals surface area contributed by atoms with Gasteiger partial charge in [0.15, 0.2) is 0 Å². The minimum atomic E-state index is -0.621. The third kappa shape index (κ3) is 4.14. The molecule has 0 spiro atoms. The third-order valence-electron chi connectivity index (χ3n) is 2.25. The predicted molar refractivity (Wildman–Crippen MR) is 64.9 cm³/mol. The number of rotatable bonds is 4. The first kappa shape index (κ1) is 13.0. The first-order chi connectivity index (χ1) is 8.17. The number of para-hydroxylation sites is 1. The molecule has 5 heteroatoms. The van der Waals surface area contributed by atoms with Crippen molar-refractivity contribution in [3.8, 4) is 0 Å². The van der Waals surface area contributed by atoms with Crippen LogP contribution in [0.15, 0.2) is 24.3 Å². The lowest BCUT2D eigenvalue weighted by Crippen LogP contribution is -2.32. The van der Waals surface area contributed by atoms with Gasteiger partial charge in [-0.05, 0) is 18.1 Å². The first-order valence-electron chi connectivity index (χ1n) is 5.37. The van der Waals surface area contributed by atoms with Crippen LogP contribution in [-0.2, 0) is 16.0 Å². The van der Waals surface area contributed by atoms with E-state index in [1.165, 1.54) is 7.11 Å². The molecular weight excluding hydrogens is 220 g/mol. The smallest absolute Gasteiger partial charge is 0.407 e. The van der Waals surface area contributed by atoms with Crippen molar-refractivity contribution in [2.45, 2.75) is 13.3 Å². The number of benzene rings is 1. The van der Waals surface area contributed by atoms with Gasteiger partial charge in [0.05, 0.1) is 7.11 Å². The summed E-state index contributed by atoms with van der Waals surface area (Å²) >= 11 is 0.